The van der Waals surface area contributed by atoms with Gasteiger partial charge >= 0.3 is 6.18 Å². The Bertz CT molecular complexity index is 1400. The molecule has 1 atom stereocenters. The van der Waals surface area contributed by atoms with E-state index in [-0.39, 0.29) is 6.54 Å². The molecule has 4 aromatic rings. The molecule has 0 fully saturated rings. The molecular formula is C21H18ClF3N6O3. The summed E-state index contributed by atoms with van der Waals surface area (Å²) in [5, 5.41) is 14.9. The number of alkyl halides is 3. The third-order valence-electron chi connectivity index (χ3n) is 5.54. The van der Waals surface area contributed by atoms with E-state index in [0.29, 0.717) is 28.5 Å². The van der Waals surface area contributed by atoms with E-state index in [1.165, 1.54) is 29.6 Å². The molecule has 0 aromatic carbocycles. The van der Waals surface area contributed by atoms with Gasteiger partial charge in [0.15, 0.2) is 5.69 Å². The Morgan fingerprint density at radius 3 is 2.76 bits per heavy atom. The number of halogens is 4. The van der Waals surface area contributed by atoms with Crippen molar-refractivity contribution in [3.8, 4) is 0 Å². The predicted octanol–water partition coefficient (Wildman–Crippen LogP) is 3.73. The van der Waals surface area contributed by atoms with Crippen LogP contribution in [-0.2, 0) is 18.2 Å². The smallest absolute Gasteiger partial charge is 0.432 e. The minimum atomic E-state index is -4.97. The Labute approximate surface area is 195 Å². The number of nitrogens with zero attached hydrogens (tertiary/aromatic N) is 5. The van der Waals surface area contributed by atoms with E-state index in [1.807, 2.05) is 0 Å². The van der Waals surface area contributed by atoms with Crippen molar-refractivity contribution in [2.45, 2.75) is 38.1 Å². The quantitative estimate of drug-likeness (QED) is 0.420. The second-order valence-corrected chi connectivity index (χ2v) is 8.81. The van der Waals surface area contributed by atoms with Gasteiger partial charge < -0.3 is 19.4 Å². The van der Waals surface area contributed by atoms with Crippen LogP contribution < -0.4 is 0 Å². The van der Waals surface area contributed by atoms with Gasteiger partial charge in [-0.05, 0) is 32.0 Å². The zero-order chi connectivity index (χ0) is 24.4. The number of imidazole rings is 1. The molecule has 1 amide bonds. The molecule has 0 saturated carbocycles. The summed E-state index contributed by atoms with van der Waals surface area (Å²) in [6, 6.07) is 5.91. The van der Waals surface area contributed by atoms with Crippen LogP contribution in [0.3, 0.4) is 0 Å². The highest BCUT2D eigenvalue weighted by molar-refractivity contribution is 6.29. The largest absolute Gasteiger partial charge is 0.437 e. The van der Waals surface area contributed by atoms with Gasteiger partial charge in [-0.15, -0.1) is 0 Å². The lowest BCUT2D eigenvalue weighted by atomic mass is 9.99. The molecule has 5 heterocycles. The van der Waals surface area contributed by atoms with Crippen LogP contribution in [0, 0.1) is 0 Å². The van der Waals surface area contributed by atoms with Crippen molar-refractivity contribution in [3.05, 3.63) is 70.2 Å². The predicted molar refractivity (Wildman–Crippen MR) is 112 cm³/mol. The highest BCUT2D eigenvalue weighted by Gasteiger charge is 2.46. The zero-order valence-corrected chi connectivity index (χ0v) is 18.6. The molecule has 0 unspecified atom stereocenters. The minimum absolute atomic E-state index is 0.0656. The highest BCUT2D eigenvalue weighted by atomic mass is 35.5. The molecular weight excluding hydrogens is 477 g/mol. The van der Waals surface area contributed by atoms with Crippen LogP contribution in [-0.4, -0.2) is 47.0 Å². The molecule has 0 saturated heterocycles. The molecule has 13 heteroatoms. The van der Waals surface area contributed by atoms with Gasteiger partial charge in [-0.3, -0.25) is 4.79 Å². The maximum absolute atomic E-state index is 13.7. The molecule has 34 heavy (non-hydrogen) atoms. The number of aliphatic hydroxyl groups is 1. The van der Waals surface area contributed by atoms with Crippen molar-refractivity contribution in [3.63, 3.8) is 0 Å². The van der Waals surface area contributed by atoms with Gasteiger partial charge in [-0.25, -0.2) is 14.5 Å². The number of pyridine rings is 1. The van der Waals surface area contributed by atoms with Crippen LogP contribution in [0.15, 0.2) is 35.0 Å². The van der Waals surface area contributed by atoms with Gasteiger partial charge in [0.2, 0.25) is 11.7 Å². The second kappa shape index (κ2) is 7.57. The highest BCUT2D eigenvalue weighted by Crippen LogP contribution is 2.39. The van der Waals surface area contributed by atoms with Crippen molar-refractivity contribution in [1.29, 1.82) is 0 Å². The molecule has 178 valence electrons. The third kappa shape index (κ3) is 3.62. The van der Waals surface area contributed by atoms with Crippen LogP contribution in [0.2, 0.25) is 5.15 Å². The first-order chi connectivity index (χ1) is 15.9. The minimum Gasteiger partial charge on any atom is -0.432 e. The van der Waals surface area contributed by atoms with Crippen LogP contribution in [0.25, 0.3) is 5.52 Å². The van der Waals surface area contributed by atoms with E-state index >= 15 is 0 Å². The van der Waals surface area contributed by atoms with Crippen molar-refractivity contribution < 1.29 is 27.5 Å². The number of rotatable bonds is 3. The summed E-state index contributed by atoms with van der Waals surface area (Å²) in [6.07, 6.45) is -3.19. The molecule has 1 aliphatic heterocycles. The van der Waals surface area contributed by atoms with Gasteiger partial charge in [0.05, 0.1) is 23.2 Å². The molecule has 9 nitrogen and oxygen atoms in total. The molecule has 0 bridgehead atoms. The fraction of sp³-hybridized carbons (Fsp3) is 0.333. The molecule has 5 rings (SSSR count). The summed E-state index contributed by atoms with van der Waals surface area (Å²) < 4.78 is 47.9. The first kappa shape index (κ1) is 22.4. The number of hydrogen-bond acceptors (Lipinski definition) is 6. The topological polar surface area (TPSA) is 113 Å². The Hall–Kier alpha value is -3.38. The lowest BCUT2D eigenvalue weighted by Gasteiger charge is -2.33. The van der Waals surface area contributed by atoms with E-state index in [0.717, 1.165) is 5.69 Å². The number of hydrogen-bond donors (Lipinski definition) is 2. The first-order valence-corrected chi connectivity index (χ1v) is 10.6. The van der Waals surface area contributed by atoms with Gasteiger partial charge in [0, 0.05) is 18.7 Å². The lowest BCUT2D eigenvalue weighted by Crippen LogP contribution is -2.41. The second-order valence-electron chi connectivity index (χ2n) is 8.43. The van der Waals surface area contributed by atoms with Crippen molar-refractivity contribution in [1.82, 2.24) is 29.5 Å². The zero-order valence-electron chi connectivity index (χ0n) is 17.9. The van der Waals surface area contributed by atoms with Crippen LogP contribution in [0.1, 0.15) is 59.1 Å². The maximum Gasteiger partial charge on any atom is 0.437 e. The number of oxazole rings is 1. The van der Waals surface area contributed by atoms with Crippen LogP contribution >= 0.6 is 11.6 Å². The summed E-state index contributed by atoms with van der Waals surface area (Å²) in [7, 11) is 0. The van der Waals surface area contributed by atoms with Gasteiger partial charge in [-0.1, -0.05) is 17.7 Å². The van der Waals surface area contributed by atoms with E-state index in [2.05, 4.69) is 20.1 Å². The van der Waals surface area contributed by atoms with E-state index in [9.17, 15) is 23.1 Å². The molecule has 0 radical (unpaired) electrons. The summed E-state index contributed by atoms with van der Waals surface area (Å²) in [4.78, 5) is 25.4. The third-order valence-corrected chi connectivity index (χ3v) is 5.82. The fourth-order valence-electron chi connectivity index (χ4n) is 3.98. The molecule has 1 aliphatic rings. The Kier molecular flexibility index (Phi) is 4.99. The molecule has 4 aromatic heterocycles. The molecule has 0 aliphatic carbocycles. The Balaban J connectivity index is 1.65. The van der Waals surface area contributed by atoms with Gasteiger partial charge in [0.25, 0.3) is 5.91 Å². The number of fused-ring (bicyclic) bond motifs is 2. The number of H-pyrrole nitrogens is 1. The SMILES string of the molecule is CC(C)(O)c1nc(C(F)(F)F)c(C(=O)N2CCc3[nH]cnc3[C@H]2c2cc3cccc(Cl)n3n2)o1. The first-order valence-electron chi connectivity index (χ1n) is 10.2. The van der Waals surface area contributed by atoms with Crippen molar-refractivity contribution in [2.24, 2.45) is 0 Å². The summed E-state index contributed by atoms with van der Waals surface area (Å²) >= 11 is 6.23. The fourth-order valence-corrected chi connectivity index (χ4v) is 4.19. The van der Waals surface area contributed by atoms with E-state index in [4.69, 9.17) is 16.0 Å². The lowest BCUT2D eigenvalue weighted by molar-refractivity contribution is -0.141. The standard InChI is InChI=1S/C21H18ClF3N6O3/c1-20(2,33)19-28-17(21(23,24)25)16(34-19)18(32)30-7-6-11-14(27-9-26-11)15(30)12-8-10-4-3-5-13(22)31(10)29-12/h3-5,8-9,15,33H,6-7H2,1-2H3,(H,26,27)/t15-/m1/s1. The summed E-state index contributed by atoms with van der Waals surface area (Å²) in [5.41, 5.74) is -1.13. The summed E-state index contributed by atoms with van der Waals surface area (Å²) in [5.74, 6) is -2.66. The Morgan fingerprint density at radius 2 is 2.09 bits per heavy atom. The average Bonchev–Trinajstić information content (AvgIpc) is 3.48. The number of carbonyl (C=O) groups is 1. The number of aromatic nitrogens is 5. The van der Waals surface area contributed by atoms with Gasteiger partial charge in [-0.2, -0.15) is 18.3 Å². The van der Waals surface area contributed by atoms with Crippen molar-refractivity contribution in [2.75, 3.05) is 6.54 Å². The van der Waals surface area contributed by atoms with Crippen LogP contribution in [0.4, 0.5) is 13.2 Å². The van der Waals surface area contributed by atoms with Crippen LogP contribution in [0.5, 0.6) is 0 Å². The number of amides is 1. The number of nitrogens with one attached hydrogen (secondary N) is 1. The summed E-state index contributed by atoms with van der Waals surface area (Å²) in [6.45, 7) is 2.50. The number of carbonyl (C=O) groups excluding carboxylic acids is 1. The normalized spacial score (nSPS) is 16.8. The van der Waals surface area contributed by atoms with Crippen molar-refractivity contribution >= 4 is 23.0 Å². The number of aromatic amines is 1. The molecule has 2 N–H and O–H groups in total. The van der Waals surface area contributed by atoms with Gasteiger partial charge in [0.1, 0.15) is 16.8 Å². The maximum atomic E-state index is 13.7. The monoisotopic (exact) mass is 494 g/mol. The average molecular weight is 495 g/mol. The van der Waals surface area contributed by atoms with E-state index in [1.54, 1.807) is 24.3 Å². The molecule has 0 spiro atoms. The Morgan fingerprint density at radius 1 is 1.32 bits per heavy atom. The van der Waals surface area contributed by atoms with E-state index < -0.39 is 41.1 Å².